The van der Waals surface area contributed by atoms with Crippen LogP contribution < -0.4 is 9.13 Å². The van der Waals surface area contributed by atoms with Crippen molar-refractivity contribution in [2.24, 2.45) is 25.9 Å². The molecule has 6 heteroatoms. The molecule has 0 radical (unpaired) electrons. The molecule has 508 valence electrons. The van der Waals surface area contributed by atoms with Crippen LogP contribution in [0.2, 0.25) is 0 Å². The van der Waals surface area contributed by atoms with Crippen LogP contribution in [0.3, 0.4) is 0 Å². The largest absolute Gasteiger partial charge is 0.455 e. The van der Waals surface area contributed by atoms with Gasteiger partial charge >= 0.3 is 0 Å². The fraction of sp³-hybridized carbons (Fsp3) is 0.281. The van der Waals surface area contributed by atoms with E-state index in [0.29, 0.717) is 11.8 Å². The van der Waals surface area contributed by atoms with Crippen LogP contribution >= 0.6 is 0 Å². The van der Waals surface area contributed by atoms with E-state index in [0.717, 1.165) is 57.6 Å². The van der Waals surface area contributed by atoms with E-state index >= 15 is 0 Å². The molecular formula is C96H93N3O3+2. The fourth-order valence-corrected chi connectivity index (χ4v) is 19.5. The van der Waals surface area contributed by atoms with Crippen molar-refractivity contribution in [2.45, 2.75) is 152 Å². The van der Waals surface area contributed by atoms with Crippen molar-refractivity contribution in [1.29, 1.82) is 0 Å². The Morgan fingerprint density at radius 1 is 0.392 bits per heavy atom. The van der Waals surface area contributed by atoms with Crippen molar-refractivity contribution >= 4 is 65.8 Å². The minimum atomic E-state index is -0.0710. The smallest absolute Gasteiger partial charge is 0.216 e. The molecule has 6 heterocycles. The molecular weight excluding hydrogens is 1240 g/mol. The van der Waals surface area contributed by atoms with Gasteiger partial charge in [0.2, 0.25) is 11.4 Å². The highest BCUT2D eigenvalue weighted by molar-refractivity contribution is 6.17. The van der Waals surface area contributed by atoms with Crippen LogP contribution in [0.15, 0.2) is 202 Å². The number of hydrogen-bond donors (Lipinski definition) is 0. The van der Waals surface area contributed by atoms with E-state index in [1.54, 1.807) is 0 Å². The molecule has 4 aliphatic rings. The number of aromatic nitrogens is 3. The molecule has 1 spiro atoms. The van der Waals surface area contributed by atoms with Crippen molar-refractivity contribution in [3.05, 3.63) is 266 Å². The number of hydrogen-bond acceptors (Lipinski definition) is 4. The van der Waals surface area contributed by atoms with Crippen molar-refractivity contribution in [3.63, 3.8) is 0 Å². The molecule has 0 atom stereocenters. The fourth-order valence-electron chi connectivity index (χ4n) is 19.5. The summed E-state index contributed by atoms with van der Waals surface area (Å²) < 4.78 is 24.6. The normalized spacial score (nSPS) is 14.8. The van der Waals surface area contributed by atoms with Crippen LogP contribution in [0.4, 0.5) is 0 Å². The third kappa shape index (κ3) is 9.74. The second-order valence-electron chi connectivity index (χ2n) is 32.1. The summed E-state index contributed by atoms with van der Waals surface area (Å²) in [6.07, 6.45) is 13.7. The van der Waals surface area contributed by atoms with Gasteiger partial charge in [0.05, 0.1) is 16.8 Å². The van der Waals surface area contributed by atoms with Gasteiger partial charge < -0.3 is 13.3 Å². The van der Waals surface area contributed by atoms with Crippen LogP contribution in [0.25, 0.3) is 133 Å². The Bertz CT molecular complexity index is 6000. The Kier molecular flexibility index (Phi) is 15.3. The minimum absolute atomic E-state index is 0.0285. The third-order valence-corrected chi connectivity index (χ3v) is 24.2. The quantitative estimate of drug-likeness (QED) is 0.149. The maximum absolute atomic E-state index is 6.76. The number of furan rings is 3. The van der Waals surface area contributed by atoms with Crippen molar-refractivity contribution in [1.82, 2.24) is 4.98 Å². The molecule has 0 saturated heterocycles. The van der Waals surface area contributed by atoms with Crippen LogP contribution in [-0.2, 0) is 30.3 Å². The Morgan fingerprint density at radius 2 is 0.824 bits per heavy atom. The lowest BCUT2D eigenvalue weighted by Crippen LogP contribution is -2.31. The summed E-state index contributed by atoms with van der Waals surface area (Å²) in [4.78, 5) is 4.78. The lowest BCUT2D eigenvalue weighted by Gasteiger charge is -2.36. The second kappa shape index (κ2) is 24.0. The summed E-state index contributed by atoms with van der Waals surface area (Å²) in [5.74, 6) is 1.15. The highest BCUT2D eigenvalue weighted by atomic mass is 16.3. The number of rotatable bonds is 7. The number of pyridine rings is 3. The van der Waals surface area contributed by atoms with Crippen molar-refractivity contribution < 1.29 is 22.4 Å². The predicted octanol–water partition coefficient (Wildman–Crippen LogP) is 24.8. The van der Waals surface area contributed by atoms with Gasteiger partial charge in [-0.25, -0.2) is 9.13 Å². The van der Waals surface area contributed by atoms with Gasteiger partial charge in [-0.3, -0.25) is 4.98 Å². The molecule has 0 unspecified atom stereocenters. The average molecular weight is 1340 g/mol. The maximum atomic E-state index is 6.76. The van der Waals surface area contributed by atoms with Crippen molar-refractivity contribution in [3.8, 4) is 67.2 Å². The van der Waals surface area contributed by atoms with Gasteiger partial charge in [0.15, 0.2) is 12.4 Å². The topological polar surface area (TPSA) is 60.1 Å². The van der Waals surface area contributed by atoms with Crippen LogP contribution in [0.1, 0.15) is 158 Å². The highest BCUT2D eigenvalue weighted by Crippen LogP contribution is 2.62. The molecule has 102 heavy (non-hydrogen) atoms. The Labute approximate surface area is 600 Å². The van der Waals surface area contributed by atoms with Crippen LogP contribution in [-0.4, -0.2) is 4.98 Å². The first-order chi connectivity index (χ1) is 49.1. The van der Waals surface area contributed by atoms with E-state index in [1.807, 2.05) is 6.20 Å². The highest BCUT2D eigenvalue weighted by Gasteiger charge is 2.48. The van der Waals surface area contributed by atoms with E-state index in [9.17, 15) is 0 Å². The Hall–Kier alpha value is -10.2. The summed E-state index contributed by atoms with van der Waals surface area (Å²) in [6.45, 7) is 31.5. The van der Waals surface area contributed by atoms with Gasteiger partial charge in [-0.1, -0.05) is 182 Å². The molecule has 0 N–H and O–H groups in total. The SMILES string of the molecule is Cc1cc(-c2c(C)ccc3c2oc2ccc4c(c23)C(C)(C)c2ccccc2-4)[n+](C)cc1C.Cc1cc(-c2c(C)ccc3c2oc2ccc4c(c23)C2(CCCC2)c2ccccc2-4)[n+](C)cc1C.Cc1cnc(-c2cccc3c2oc2ccc4c(c23)C(CC(C)C)(CC(C)C)c2ccccc2-4)cc1C. The molecule has 4 aliphatic carbocycles. The molecule has 15 aromatic rings. The van der Waals surface area contributed by atoms with Crippen LogP contribution in [0, 0.1) is 67.2 Å². The van der Waals surface area contributed by atoms with Gasteiger partial charge in [-0.05, 0) is 223 Å². The van der Waals surface area contributed by atoms with E-state index in [2.05, 4.69) is 302 Å². The molecule has 0 aliphatic heterocycles. The summed E-state index contributed by atoms with van der Waals surface area (Å²) in [5.41, 5.74) is 39.9. The third-order valence-electron chi connectivity index (χ3n) is 24.2. The van der Waals surface area contributed by atoms with Gasteiger partial charge in [-0.2, -0.15) is 0 Å². The zero-order chi connectivity index (χ0) is 70.7. The number of para-hydroxylation sites is 1. The number of fused-ring (bicyclic) bond motifs is 23. The zero-order valence-electron chi connectivity index (χ0n) is 62.4. The Balaban J connectivity index is 0.000000114. The molecule has 0 amide bonds. The summed E-state index contributed by atoms with van der Waals surface area (Å²) in [7, 11) is 4.27. The van der Waals surface area contributed by atoms with E-state index in [4.69, 9.17) is 18.2 Å². The van der Waals surface area contributed by atoms with Crippen molar-refractivity contribution in [2.75, 3.05) is 0 Å². The monoisotopic (exact) mass is 1340 g/mol. The lowest BCUT2D eigenvalue weighted by molar-refractivity contribution is -0.660. The summed E-state index contributed by atoms with van der Waals surface area (Å²) in [5, 5.41) is 7.53. The zero-order valence-corrected chi connectivity index (χ0v) is 62.4. The Morgan fingerprint density at radius 3 is 1.36 bits per heavy atom. The summed E-state index contributed by atoms with van der Waals surface area (Å²) >= 11 is 0. The molecule has 6 nitrogen and oxygen atoms in total. The number of nitrogens with zero attached hydrogens (tertiary/aromatic N) is 3. The molecule has 1 saturated carbocycles. The van der Waals surface area contributed by atoms with Gasteiger partial charge in [0.1, 0.15) is 47.6 Å². The second-order valence-corrected chi connectivity index (χ2v) is 32.1. The maximum Gasteiger partial charge on any atom is 0.216 e. The van der Waals surface area contributed by atoms with E-state index in [-0.39, 0.29) is 16.2 Å². The van der Waals surface area contributed by atoms with Gasteiger partial charge in [-0.15, -0.1) is 0 Å². The summed E-state index contributed by atoms with van der Waals surface area (Å²) in [6, 6.07) is 62.8. The first kappa shape index (κ1) is 65.2. The molecule has 6 aromatic heterocycles. The number of benzene rings is 9. The lowest BCUT2D eigenvalue weighted by atomic mass is 9.67. The average Bonchev–Trinajstić information content (AvgIpc) is 1.55. The van der Waals surface area contributed by atoms with Gasteiger partial charge in [0.25, 0.3) is 0 Å². The first-order valence-corrected chi connectivity index (χ1v) is 37.2. The molecule has 1 fully saturated rings. The molecule has 19 rings (SSSR count). The van der Waals surface area contributed by atoms with E-state index in [1.165, 1.54) is 192 Å². The predicted molar refractivity (Wildman–Crippen MR) is 423 cm³/mol. The molecule has 0 bridgehead atoms. The minimum Gasteiger partial charge on any atom is -0.455 e. The van der Waals surface area contributed by atoms with Crippen LogP contribution in [0.5, 0.6) is 0 Å². The standard InChI is InChI=1S/C34H35NO.C32H30NO.C30H28NO/c1-20(2)17-34(18-21(3)4)28-13-8-7-10-24(28)25-14-15-30-31(32(25)34)27-12-9-11-26(33(27)36-30)29-16-22(5)23(6)19-35-29;1-19-11-12-24-29-27(34-31(24)28(19)26-17-20(2)21(3)18-33(26)4)14-13-23-22-9-5-6-10-25(22)32(30(23)29)15-7-8-16-32;1-17-11-12-22-27-25(32-29(22)26(17)24-15-18(2)19(3)16-31(24)6)14-13-21-20-9-7-8-10-23(20)30(4,5)28(21)27/h7-16,19-21H,17-18H2,1-6H3;5-6,9-14,17-18H,7-8,15-16H2,1-4H3;7-16H,1-6H3/q;2*+1. The number of aryl methyl sites for hydroxylation is 10. The molecule has 9 aromatic carbocycles. The van der Waals surface area contributed by atoms with Gasteiger partial charge in [0, 0.05) is 83.6 Å². The van der Waals surface area contributed by atoms with E-state index < -0.39 is 0 Å². The first-order valence-electron chi connectivity index (χ1n) is 37.2.